The second kappa shape index (κ2) is 5.56. The number of hydrogen-bond donors (Lipinski definition) is 0. The summed E-state index contributed by atoms with van der Waals surface area (Å²) in [7, 11) is 0. The van der Waals surface area contributed by atoms with Gasteiger partial charge in [-0.2, -0.15) is 4.65 Å². The summed E-state index contributed by atoms with van der Waals surface area (Å²) in [6.07, 6.45) is 1.11. The van der Waals surface area contributed by atoms with E-state index in [-0.39, 0.29) is 0 Å². The minimum atomic E-state index is 0.813. The molecule has 0 atom stereocenters. The second-order valence-corrected chi connectivity index (χ2v) is 2.84. The lowest BCUT2D eigenvalue weighted by molar-refractivity contribution is -1.10. The Morgan fingerprint density at radius 1 is 0.909 bits per heavy atom. The molecule has 0 aromatic carbocycles. The normalized spacial score (nSPS) is 12.0. The summed E-state index contributed by atoms with van der Waals surface area (Å²) in [5.74, 6) is 0. The van der Waals surface area contributed by atoms with Gasteiger partial charge in [0, 0.05) is 0 Å². The molecular weight excluding hydrogens is 138 g/mol. The molecule has 0 aromatic heterocycles. The Hall–Kier alpha value is -0.0800. The van der Waals surface area contributed by atoms with E-state index in [1.54, 1.807) is 0 Å². The van der Waals surface area contributed by atoms with Gasteiger partial charge in [0.2, 0.25) is 0 Å². The van der Waals surface area contributed by atoms with Crippen LogP contribution in [0.15, 0.2) is 0 Å². The molecule has 68 valence electrons. The number of rotatable bonds is 6. The molecule has 0 saturated heterocycles. The van der Waals surface area contributed by atoms with E-state index < -0.39 is 0 Å². The number of hydrogen-bond acceptors (Lipinski definition) is 1. The van der Waals surface area contributed by atoms with Crippen molar-refractivity contribution in [3.63, 3.8) is 0 Å². The van der Waals surface area contributed by atoms with E-state index in [0.717, 1.165) is 37.3 Å². The zero-order valence-electron chi connectivity index (χ0n) is 8.39. The second-order valence-electron chi connectivity index (χ2n) is 2.84. The molecule has 0 rings (SSSR count). The van der Waals surface area contributed by atoms with Crippen LogP contribution in [-0.2, 0) is 4.84 Å². The largest absolute Gasteiger partial charge is 0.203 e. The molecule has 0 fully saturated rings. The molecule has 2 nitrogen and oxygen atoms in total. The van der Waals surface area contributed by atoms with E-state index in [9.17, 15) is 0 Å². The van der Waals surface area contributed by atoms with Crippen molar-refractivity contribution in [2.24, 2.45) is 0 Å². The Morgan fingerprint density at radius 3 is 1.64 bits per heavy atom. The van der Waals surface area contributed by atoms with Gasteiger partial charge in [-0.15, -0.1) is 0 Å². The lowest BCUT2D eigenvalue weighted by atomic mass is 10.5. The maximum absolute atomic E-state index is 5.76. The van der Waals surface area contributed by atoms with Crippen molar-refractivity contribution in [1.82, 2.24) is 0 Å². The third-order valence-electron chi connectivity index (χ3n) is 2.30. The first-order chi connectivity index (χ1) is 5.24. The average molecular weight is 160 g/mol. The van der Waals surface area contributed by atoms with Gasteiger partial charge in [0.25, 0.3) is 0 Å². The molecule has 0 spiro atoms. The molecule has 0 aliphatic heterocycles. The van der Waals surface area contributed by atoms with Crippen LogP contribution in [0.1, 0.15) is 34.1 Å². The van der Waals surface area contributed by atoms with Crippen molar-refractivity contribution in [3.05, 3.63) is 0 Å². The standard InChI is InChI=1S/C9H22NO/c1-5-9-11-10(6-2,7-3)8-4/h5-9H2,1-4H3/q+1. The first kappa shape index (κ1) is 10.9. The molecule has 0 aromatic rings. The van der Waals surface area contributed by atoms with Crippen molar-refractivity contribution in [1.29, 1.82) is 0 Å². The third-order valence-corrected chi connectivity index (χ3v) is 2.30. The predicted octanol–water partition coefficient (Wildman–Crippen LogP) is 2.20. The highest BCUT2D eigenvalue weighted by atomic mass is 16.7. The van der Waals surface area contributed by atoms with Gasteiger partial charge >= 0.3 is 0 Å². The fourth-order valence-electron chi connectivity index (χ4n) is 1.23. The van der Waals surface area contributed by atoms with Gasteiger partial charge in [-0.1, -0.05) is 6.92 Å². The van der Waals surface area contributed by atoms with Crippen molar-refractivity contribution in [3.8, 4) is 0 Å². The lowest BCUT2D eigenvalue weighted by Crippen LogP contribution is -2.47. The highest BCUT2D eigenvalue weighted by Gasteiger charge is 2.21. The summed E-state index contributed by atoms with van der Waals surface area (Å²) in [5, 5.41) is 0. The third kappa shape index (κ3) is 3.21. The van der Waals surface area contributed by atoms with Crippen LogP contribution >= 0.6 is 0 Å². The Bertz CT molecular complexity index is 81.3. The lowest BCUT2D eigenvalue weighted by Gasteiger charge is -2.32. The molecule has 0 aliphatic rings. The molecule has 0 radical (unpaired) electrons. The van der Waals surface area contributed by atoms with Gasteiger partial charge in [-0.3, -0.25) is 0 Å². The molecule has 0 heterocycles. The van der Waals surface area contributed by atoms with E-state index in [1.165, 1.54) is 0 Å². The molecule has 0 unspecified atom stereocenters. The van der Waals surface area contributed by atoms with Crippen molar-refractivity contribution in [2.45, 2.75) is 34.1 Å². The van der Waals surface area contributed by atoms with Gasteiger partial charge in [0.1, 0.15) is 26.2 Å². The fourth-order valence-corrected chi connectivity index (χ4v) is 1.23. The van der Waals surface area contributed by atoms with Gasteiger partial charge in [-0.05, 0) is 27.2 Å². The maximum Gasteiger partial charge on any atom is 0.106 e. The summed E-state index contributed by atoms with van der Waals surface area (Å²) in [5.41, 5.74) is 0. The minimum absolute atomic E-state index is 0.813. The van der Waals surface area contributed by atoms with Crippen LogP contribution in [0.5, 0.6) is 0 Å². The summed E-state index contributed by atoms with van der Waals surface area (Å²) in [6, 6.07) is 0. The summed E-state index contributed by atoms with van der Waals surface area (Å²) < 4.78 is 0.813. The van der Waals surface area contributed by atoms with Crippen molar-refractivity contribution in [2.75, 3.05) is 26.2 Å². The summed E-state index contributed by atoms with van der Waals surface area (Å²) in [6.45, 7) is 12.8. The highest BCUT2D eigenvalue weighted by Crippen LogP contribution is 2.07. The van der Waals surface area contributed by atoms with Crippen LogP contribution in [0.25, 0.3) is 0 Å². The monoisotopic (exact) mass is 160 g/mol. The molecule has 0 bridgehead atoms. The first-order valence-corrected chi connectivity index (χ1v) is 4.75. The quantitative estimate of drug-likeness (QED) is 0.427. The Kier molecular flexibility index (Phi) is 5.51. The Morgan fingerprint density at radius 2 is 1.36 bits per heavy atom. The molecule has 2 heteroatoms. The molecular formula is C9H22NO+. The van der Waals surface area contributed by atoms with Crippen LogP contribution in [-0.4, -0.2) is 30.9 Å². The maximum atomic E-state index is 5.76. The van der Waals surface area contributed by atoms with Crippen LogP contribution in [0.3, 0.4) is 0 Å². The van der Waals surface area contributed by atoms with Gasteiger partial charge in [0.15, 0.2) is 0 Å². The van der Waals surface area contributed by atoms with E-state index >= 15 is 0 Å². The van der Waals surface area contributed by atoms with Gasteiger partial charge in [0.05, 0.1) is 0 Å². The van der Waals surface area contributed by atoms with Crippen LogP contribution < -0.4 is 0 Å². The smallest absolute Gasteiger partial charge is 0.106 e. The molecule has 0 aliphatic carbocycles. The molecule has 0 saturated carbocycles. The van der Waals surface area contributed by atoms with Crippen LogP contribution in [0, 0.1) is 0 Å². The van der Waals surface area contributed by atoms with E-state index in [1.807, 2.05) is 0 Å². The molecule has 0 N–H and O–H groups in total. The number of nitrogens with zero attached hydrogens (tertiary/aromatic N) is 1. The predicted molar refractivity (Wildman–Crippen MR) is 48.1 cm³/mol. The first-order valence-electron chi connectivity index (χ1n) is 4.75. The highest BCUT2D eigenvalue weighted by molar-refractivity contribution is 4.24. The van der Waals surface area contributed by atoms with Crippen molar-refractivity contribution < 1.29 is 9.48 Å². The number of hydroxylamine groups is 3. The summed E-state index contributed by atoms with van der Waals surface area (Å²) >= 11 is 0. The zero-order valence-corrected chi connectivity index (χ0v) is 8.39. The zero-order chi connectivity index (χ0) is 8.74. The van der Waals surface area contributed by atoms with Gasteiger partial charge in [-0.25, -0.2) is 4.84 Å². The van der Waals surface area contributed by atoms with Gasteiger partial charge < -0.3 is 0 Å². The SMILES string of the molecule is CCCO[N+](CC)(CC)CC. The van der Waals surface area contributed by atoms with E-state index in [0.29, 0.717) is 0 Å². The Labute approximate surface area is 70.7 Å². The molecule has 11 heavy (non-hydrogen) atoms. The van der Waals surface area contributed by atoms with Crippen LogP contribution in [0.4, 0.5) is 0 Å². The topological polar surface area (TPSA) is 9.23 Å². The molecule has 0 amide bonds. The minimum Gasteiger partial charge on any atom is -0.203 e. The van der Waals surface area contributed by atoms with Crippen molar-refractivity contribution >= 4 is 0 Å². The van der Waals surface area contributed by atoms with E-state index in [2.05, 4.69) is 27.7 Å². The average Bonchev–Trinajstić information content (AvgIpc) is 2.08. The fraction of sp³-hybridized carbons (Fsp3) is 1.00. The van der Waals surface area contributed by atoms with Crippen LogP contribution in [0.2, 0.25) is 0 Å². The van der Waals surface area contributed by atoms with E-state index in [4.69, 9.17) is 4.84 Å². The Balaban J connectivity index is 3.84. The summed E-state index contributed by atoms with van der Waals surface area (Å²) in [4.78, 5) is 5.76. The number of quaternary nitrogens is 1.